The minimum absolute atomic E-state index is 0.477. The minimum atomic E-state index is -3.33. The van der Waals surface area contributed by atoms with Gasteiger partial charge in [0, 0.05) is 24.2 Å². The van der Waals surface area contributed by atoms with Gasteiger partial charge in [0.25, 0.3) is 0 Å². The van der Waals surface area contributed by atoms with Crippen LogP contribution in [0.2, 0.25) is 0 Å². The number of fused-ring (bicyclic) bond motifs is 1. The first-order valence-corrected chi connectivity index (χ1v) is 10.4. The molecule has 0 spiro atoms. The minimum Gasteiger partial charge on any atom is -0.497 e. The Morgan fingerprint density at radius 1 is 1.11 bits per heavy atom. The van der Waals surface area contributed by atoms with E-state index in [2.05, 4.69) is 10.8 Å². The molecule has 3 rings (SSSR count). The molecule has 0 unspecified atom stereocenters. The lowest BCUT2D eigenvalue weighted by atomic mass is 10.1. The highest BCUT2D eigenvalue weighted by atomic mass is 32.2. The summed E-state index contributed by atoms with van der Waals surface area (Å²) in [6, 6.07) is 14.8. The largest absolute Gasteiger partial charge is 0.497 e. The van der Waals surface area contributed by atoms with E-state index in [1.807, 2.05) is 43.7 Å². The monoisotopic (exact) mass is 385 g/mol. The molecule has 0 saturated heterocycles. The Morgan fingerprint density at radius 2 is 1.74 bits per heavy atom. The number of nitrogens with zero attached hydrogens (tertiary/aromatic N) is 2. The maximum absolute atomic E-state index is 11.3. The molecule has 0 bridgehead atoms. The zero-order chi connectivity index (χ0) is 20.2. The highest BCUT2D eigenvalue weighted by molar-refractivity contribution is 7.92. The Balaban J connectivity index is 0.00000126. The lowest BCUT2D eigenvalue weighted by Crippen LogP contribution is -2.09. The first kappa shape index (κ1) is 20.3. The van der Waals surface area contributed by atoms with E-state index < -0.39 is 10.0 Å². The number of aryl methyl sites for hydroxylation is 1. The number of aromatic nitrogens is 1. The zero-order valence-corrected chi connectivity index (χ0v) is 16.9. The van der Waals surface area contributed by atoms with Crippen LogP contribution in [0.1, 0.15) is 19.4 Å². The normalized spacial score (nSPS) is 10.7. The summed E-state index contributed by atoms with van der Waals surface area (Å²) >= 11 is 0. The second kappa shape index (κ2) is 8.14. The molecule has 0 radical (unpaired) electrons. The molecule has 0 amide bonds. The molecular weight excluding hydrogens is 362 g/mol. The number of nitriles is 1. The maximum atomic E-state index is 11.3. The first-order chi connectivity index (χ1) is 12.8. The number of anilines is 1. The van der Waals surface area contributed by atoms with Crippen LogP contribution < -0.4 is 9.46 Å². The SMILES string of the molecule is CC.COc1ccc2c(C#N)c(-c3ccc(NS(C)(=O)=O)cc3)n(C)c2c1. The lowest BCUT2D eigenvalue weighted by molar-refractivity contribution is 0.415. The van der Waals surface area contributed by atoms with E-state index >= 15 is 0 Å². The number of benzene rings is 2. The van der Waals surface area contributed by atoms with Gasteiger partial charge in [0.15, 0.2) is 0 Å². The van der Waals surface area contributed by atoms with Crippen molar-refractivity contribution in [3.8, 4) is 23.1 Å². The van der Waals surface area contributed by atoms with Crippen molar-refractivity contribution < 1.29 is 13.2 Å². The smallest absolute Gasteiger partial charge is 0.229 e. The van der Waals surface area contributed by atoms with Gasteiger partial charge in [-0.2, -0.15) is 5.26 Å². The van der Waals surface area contributed by atoms with Crippen molar-refractivity contribution in [2.75, 3.05) is 18.1 Å². The number of ether oxygens (including phenoxy) is 1. The summed E-state index contributed by atoms with van der Waals surface area (Å²) < 4.78 is 32.3. The number of sulfonamides is 1. The van der Waals surface area contributed by atoms with E-state index in [0.29, 0.717) is 11.3 Å². The van der Waals surface area contributed by atoms with Crippen LogP contribution in [0.4, 0.5) is 5.69 Å². The van der Waals surface area contributed by atoms with Crippen molar-refractivity contribution in [2.24, 2.45) is 7.05 Å². The van der Waals surface area contributed by atoms with E-state index in [1.165, 1.54) is 0 Å². The maximum Gasteiger partial charge on any atom is 0.229 e. The molecule has 0 atom stereocenters. The van der Waals surface area contributed by atoms with E-state index in [-0.39, 0.29) is 0 Å². The fourth-order valence-corrected chi connectivity index (χ4v) is 3.47. The Hall–Kier alpha value is -2.98. The van der Waals surface area contributed by atoms with Gasteiger partial charge in [-0.25, -0.2) is 8.42 Å². The van der Waals surface area contributed by atoms with E-state index in [9.17, 15) is 13.7 Å². The van der Waals surface area contributed by atoms with Crippen molar-refractivity contribution in [3.05, 3.63) is 48.0 Å². The van der Waals surface area contributed by atoms with Crippen molar-refractivity contribution >= 4 is 26.6 Å². The van der Waals surface area contributed by atoms with Crippen molar-refractivity contribution in [1.82, 2.24) is 4.57 Å². The highest BCUT2D eigenvalue weighted by Gasteiger charge is 2.17. The van der Waals surface area contributed by atoms with Gasteiger partial charge >= 0.3 is 0 Å². The van der Waals surface area contributed by atoms with Crippen molar-refractivity contribution in [3.63, 3.8) is 0 Å². The number of hydrogen-bond acceptors (Lipinski definition) is 4. The van der Waals surface area contributed by atoms with Crippen LogP contribution in [0.5, 0.6) is 5.75 Å². The van der Waals surface area contributed by atoms with E-state index in [1.54, 1.807) is 31.4 Å². The van der Waals surface area contributed by atoms with Gasteiger partial charge in [-0.1, -0.05) is 26.0 Å². The second-order valence-electron chi connectivity index (χ2n) is 5.73. The van der Waals surface area contributed by atoms with Gasteiger partial charge in [0.05, 0.1) is 30.1 Å². The van der Waals surface area contributed by atoms with E-state index in [4.69, 9.17) is 4.74 Å². The van der Waals surface area contributed by atoms with Crippen LogP contribution in [-0.4, -0.2) is 26.4 Å². The van der Waals surface area contributed by atoms with Gasteiger partial charge < -0.3 is 9.30 Å². The molecule has 1 heterocycles. The fraction of sp³-hybridized carbons (Fsp3) is 0.250. The average molecular weight is 385 g/mol. The quantitative estimate of drug-likeness (QED) is 0.732. The molecule has 1 N–H and O–H groups in total. The van der Waals surface area contributed by atoms with Gasteiger partial charge in [-0.15, -0.1) is 0 Å². The first-order valence-electron chi connectivity index (χ1n) is 8.49. The van der Waals surface area contributed by atoms with Crippen molar-refractivity contribution in [2.45, 2.75) is 13.8 Å². The molecule has 3 aromatic rings. The molecular formula is C20H23N3O3S. The topological polar surface area (TPSA) is 84.1 Å². The third-order valence-corrected chi connectivity index (χ3v) is 4.59. The summed E-state index contributed by atoms with van der Waals surface area (Å²) in [6.07, 6.45) is 1.10. The third kappa shape index (κ3) is 4.23. The number of methoxy groups -OCH3 is 1. The molecule has 0 aliphatic rings. The average Bonchev–Trinajstić information content (AvgIpc) is 2.94. The van der Waals surface area contributed by atoms with Gasteiger partial charge in [0.1, 0.15) is 11.8 Å². The van der Waals surface area contributed by atoms with Crippen molar-refractivity contribution in [1.29, 1.82) is 5.26 Å². The van der Waals surface area contributed by atoms with Gasteiger partial charge in [0.2, 0.25) is 10.0 Å². The Morgan fingerprint density at radius 3 is 2.26 bits per heavy atom. The highest BCUT2D eigenvalue weighted by Crippen LogP contribution is 2.34. The summed E-state index contributed by atoms with van der Waals surface area (Å²) in [5, 5.41) is 10.5. The van der Waals surface area contributed by atoms with Crippen LogP contribution in [0, 0.1) is 11.3 Å². The standard InChI is InChI=1S/C18H17N3O3S.C2H6/c1-21-17-10-14(24-2)8-9-15(17)16(11-19)18(21)12-4-6-13(7-5-12)20-25(3,22)23;1-2/h4-10,20H,1-3H3;1-2H3. The predicted octanol–water partition coefficient (Wildman–Crippen LogP) is 4.12. The lowest BCUT2D eigenvalue weighted by Gasteiger charge is -2.08. The second-order valence-corrected chi connectivity index (χ2v) is 7.48. The molecule has 0 fully saturated rings. The summed E-state index contributed by atoms with van der Waals surface area (Å²) in [5.74, 6) is 0.719. The molecule has 2 aromatic carbocycles. The predicted molar refractivity (Wildman–Crippen MR) is 109 cm³/mol. The molecule has 0 aliphatic heterocycles. The van der Waals surface area contributed by atoms with Crippen LogP contribution in [0.25, 0.3) is 22.2 Å². The summed E-state index contributed by atoms with van der Waals surface area (Å²) in [4.78, 5) is 0. The number of hydrogen-bond donors (Lipinski definition) is 1. The summed E-state index contributed by atoms with van der Waals surface area (Å²) in [5.41, 5.74) is 3.54. The van der Waals surface area contributed by atoms with Gasteiger partial charge in [-0.3, -0.25) is 4.72 Å². The van der Waals surface area contributed by atoms with E-state index in [0.717, 1.165) is 34.2 Å². The molecule has 0 saturated carbocycles. The fourth-order valence-electron chi connectivity index (χ4n) is 2.90. The van der Waals surface area contributed by atoms with Crippen LogP contribution in [0.15, 0.2) is 42.5 Å². The zero-order valence-electron chi connectivity index (χ0n) is 16.1. The molecule has 0 aliphatic carbocycles. The van der Waals surface area contributed by atoms with Crippen LogP contribution in [0.3, 0.4) is 0 Å². The molecule has 142 valence electrons. The summed E-state index contributed by atoms with van der Waals surface area (Å²) in [7, 11) is 0.165. The number of nitrogens with one attached hydrogen (secondary N) is 1. The number of rotatable bonds is 4. The third-order valence-electron chi connectivity index (χ3n) is 3.98. The molecule has 6 nitrogen and oxygen atoms in total. The molecule has 7 heteroatoms. The Labute approximate surface area is 160 Å². The Bertz CT molecular complexity index is 1090. The van der Waals surface area contributed by atoms with Crippen LogP contribution in [-0.2, 0) is 17.1 Å². The molecule has 1 aromatic heterocycles. The molecule has 27 heavy (non-hydrogen) atoms. The summed E-state index contributed by atoms with van der Waals surface area (Å²) in [6.45, 7) is 4.00. The Kier molecular flexibility index (Phi) is 6.13. The van der Waals surface area contributed by atoms with Gasteiger partial charge in [-0.05, 0) is 29.8 Å². The van der Waals surface area contributed by atoms with Crippen LogP contribution >= 0.6 is 0 Å².